The molecule has 0 amide bonds. The number of halogens is 1. The first-order chi connectivity index (χ1) is 4.43. The van der Waals surface area contributed by atoms with Crippen LogP contribution in [0.2, 0.25) is 0 Å². The summed E-state index contributed by atoms with van der Waals surface area (Å²) in [6.07, 6.45) is 3.09. The van der Waals surface area contributed by atoms with Crippen molar-refractivity contribution in [3.8, 4) is 0 Å². The van der Waals surface area contributed by atoms with Gasteiger partial charge in [0.15, 0.2) is 6.20 Å². The van der Waals surface area contributed by atoms with Crippen molar-refractivity contribution >= 4 is 6.21 Å². The van der Waals surface area contributed by atoms with Crippen LogP contribution in [0, 0.1) is 0 Å². The molecule has 1 aromatic rings. The number of H-pyrrole nitrogens is 1. The average Bonchev–Trinajstić information content (AvgIpc) is 1.91. The summed E-state index contributed by atoms with van der Waals surface area (Å²) in [4.78, 5) is 2.86. The molecule has 0 aliphatic carbocycles. The topological polar surface area (TPSA) is 46.7 Å². The Morgan fingerprint density at radius 1 is 1.50 bits per heavy atom. The smallest absolute Gasteiger partial charge is 0.225 e. The maximum atomic E-state index is 8.07. The minimum atomic E-state index is 0. The van der Waals surface area contributed by atoms with E-state index >= 15 is 0 Å². The molecule has 0 aromatic carbocycles. The predicted octanol–water partition coefficient (Wildman–Crippen LogP) is -2.69. The lowest BCUT2D eigenvalue weighted by molar-refractivity contribution is -0.379. The van der Waals surface area contributed by atoms with Crippen LogP contribution >= 0.6 is 0 Å². The summed E-state index contributed by atoms with van der Waals surface area (Å²) in [6.45, 7) is 0. The molecule has 0 aliphatic heterocycles. The number of pyridine rings is 1. The quantitative estimate of drug-likeness (QED) is 0.270. The number of aromatic nitrogens is 1. The zero-order valence-electron chi connectivity index (χ0n) is 5.16. The standard InChI is InChI=1S/C6H6N2O.ClH/c9-8-5-6-3-1-2-4-7-6;/h1-5,9H;1H. The van der Waals surface area contributed by atoms with E-state index in [4.69, 9.17) is 5.21 Å². The van der Waals surface area contributed by atoms with Crippen molar-refractivity contribution in [3.63, 3.8) is 0 Å². The SMILES string of the molecule is ON=Cc1cccc[nH+]1.[Cl-]. The molecule has 0 unspecified atom stereocenters. The Morgan fingerprint density at radius 2 is 2.30 bits per heavy atom. The second kappa shape index (κ2) is 4.76. The number of hydrogen-bond donors (Lipinski definition) is 1. The van der Waals surface area contributed by atoms with Gasteiger partial charge in [-0.25, -0.2) is 4.98 Å². The monoisotopic (exact) mass is 158 g/mol. The van der Waals surface area contributed by atoms with Gasteiger partial charge in [0.2, 0.25) is 5.69 Å². The Bertz CT molecular complexity index is 200. The summed E-state index contributed by atoms with van der Waals surface area (Å²) in [5.74, 6) is 0. The van der Waals surface area contributed by atoms with Gasteiger partial charge in [0.05, 0.1) is 0 Å². The van der Waals surface area contributed by atoms with Crippen molar-refractivity contribution < 1.29 is 22.6 Å². The summed E-state index contributed by atoms with van der Waals surface area (Å²) in [7, 11) is 0. The highest BCUT2D eigenvalue weighted by atomic mass is 35.5. The van der Waals surface area contributed by atoms with Crippen LogP contribution in [0.25, 0.3) is 0 Å². The molecule has 2 N–H and O–H groups in total. The van der Waals surface area contributed by atoms with Crippen LogP contribution in [0.4, 0.5) is 0 Å². The minimum absolute atomic E-state index is 0. The lowest BCUT2D eigenvalue weighted by Gasteiger charge is -1.77. The maximum absolute atomic E-state index is 8.07. The largest absolute Gasteiger partial charge is 1.00 e. The normalized spacial score (nSPS) is 9.20. The van der Waals surface area contributed by atoms with Crippen molar-refractivity contribution in [3.05, 3.63) is 30.1 Å². The van der Waals surface area contributed by atoms with E-state index in [1.165, 1.54) is 6.21 Å². The number of oxime groups is 1. The Hall–Kier alpha value is -1.09. The molecule has 1 rings (SSSR count). The molecule has 0 aliphatic rings. The highest BCUT2D eigenvalue weighted by Gasteiger charge is 1.89. The third kappa shape index (κ3) is 2.46. The van der Waals surface area contributed by atoms with Crippen LogP contribution in [0.5, 0.6) is 0 Å². The van der Waals surface area contributed by atoms with Crippen molar-refractivity contribution in [2.45, 2.75) is 0 Å². The first kappa shape index (κ1) is 8.91. The summed E-state index contributed by atoms with van der Waals surface area (Å²) in [5.41, 5.74) is 0.778. The molecule has 1 aromatic heterocycles. The van der Waals surface area contributed by atoms with Crippen molar-refractivity contribution in [1.29, 1.82) is 0 Å². The van der Waals surface area contributed by atoms with Crippen LogP contribution in [-0.2, 0) is 0 Å². The second-order valence-electron chi connectivity index (χ2n) is 1.56. The van der Waals surface area contributed by atoms with Gasteiger partial charge in [-0.15, -0.1) is 0 Å². The van der Waals surface area contributed by atoms with E-state index in [9.17, 15) is 0 Å². The average molecular weight is 159 g/mol. The van der Waals surface area contributed by atoms with E-state index in [1.54, 1.807) is 12.3 Å². The predicted molar refractivity (Wildman–Crippen MR) is 32.4 cm³/mol. The van der Waals surface area contributed by atoms with Gasteiger partial charge in [0, 0.05) is 12.1 Å². The van der Waals surface area contributed by atoms with Gasteiger partial charge in [0.25, 0.3) is 0 Å². The summed E-state index contributed by atoms with van der Waals surface area (Å²) >= 11 is 0. The van der Waals surface area contributed by atoms with Crippen molar-refractivity contribution in [2.75, 3.05) is 0 Å². The van der Waals surface area contributed by atoms with Gasteiger partial charge in [-0.2, -0.15) is 0 Å². The molecule has 0 fully saturated rings. The van der Waals surface area contributed by atoms with E-state index in [0.717, 1.165) is 5.69 Å². The highest BCUT2D eigenvalue weighted by Crippen LogP contribution is 1.81. The van der Waals surface area contributed by atoms with Gasteiger partial charge in [-0.3, -0.25) is 0 Å². The zero-order valence-corrected chi connectivity index (χ0v) is 5.92. The molecule has 4 heteroatoms. The Kier molecular flexibility index (Phi) is 4.24. The number of rotatable bonds is 1. The fourth-order valence-corrected chi connectivity index (χ4v) is 0.550. The summed E-state index contributed by atoms with van der Waals surface area (Å²) in [5, 5.41) is 10.9. The second-order valence-corrected chi connectivity index (χ2v) is 1.56. The zero-order chi connectivity index (χ0) is 6.53. The molecule has 0 saturated carbocycles. The molecule has 54 valence electrons. The van der Waals surface area contributed by atoms with Gasteiger partial charge in [0.1, 0.15) is 6.21 Å². The first-order valence-corrected chi connectivity index (χ1v) is 2.57. The van der Waals surface area contributed by atoms with Crippen LogP contribution < -0.4 is 17.4 Å². The Balaban J connectivity index is 0.000000810. The van der Waals surface area contributed by atoms with Gasteiger partial charge >= 0.3 is 0 Å². The summed E-state index contributed by atoms with van der Waals surface area (Å²) < 4.78 is 0. The van der Waals surface area contributed by atoms with Crippen LogP contribution in [0.15, 0.2) is 29.6 Å². The van der Waals surface area contributed by atoms with Crippen LogP contribution in [0.3, 0.4) is 0 Å². The van der Waals surface area contributed by atoms with E-state index in [0.29, 0.717) is 0 Å². The number of nitrogens with one attached hydrogen (secondary N) is 1. The molecular formula is C6H7ClN2O. The fourth-order valence-electron chi connectivity index (χ4n) is 0.550. The number of aromatic amines is 1. The molecule has 10 heavy (non-hydrogen) atoms. The van der Waals surface area contributed by atoms with E-state index in [2.05, 4.69) is 10.1 Å². The van der Waals surface area contributed by atoms with Crippen LogP contribution in [-0.4, -0.2) is 11.4 Å². The Morgan fingerprint density at radius 3 is 2.80 bits per heavy atom. The molecule has 0 radical (unpaired) electrons. The molecule has 3 nitrogen and oxygen atoms in total. The third-order valence-corrected chi connectivity index (χ3v) is 0.930. The van der Waals surface area contributed by atoms with E-state index in [1.807, 2.05) is 12.1 Å². The van der Waals surface area contributed by atoms with Gasteiger partial charge in [-0.05, 0) is 6.07 Å². The van der Waals surface area contributed by atoms with Gasteiger partial charge < -0.3 is 17.6 Å². The van der Waals surface area contributed by atoms with Crippen LogP contribution in [0.1, 0.15) is 5.69 Å². The third-order valence-electron chi connectivity index (χ3n) is 0.930. The molecule has 0 bridgehead atoms. The number of hydrogen-bond acceptors (Lipinski definition) is 2. The van der Waals surface area contributed by atoms with E-state index < -0.39 is 0 Å². The lowest BCUT2D eigenvalue weighted by atomic mass is 10.4. The summed E-state index contributed by atoms with van der Waals surface area (Å²) in [6, 6.07) is 5.52. The number of nitrogens with zero attached hydrogens (tertiary/aromatic N) is 1. The van der Waals surface area contributed by atoms with E-state index in [-0.39, 0.29) is 12.4 Å². The fraction of sp³-hybridized carbons (Fsp3) is 0. The minimum Gasteiger partial charge on any atom is -1.00 e. The highest BCUT2D eigenvalue weighted by molar-refractivity contribution is 5.73. The van der Waals surface area contributed by atoms with Gasteiger partial charge in [-0.1, -0.05) is 5.16 Å². The Labute approximate surface area is 64.8 Å². The lowest BCUT2D eigenvalue weighted by Crippen LogP contribution is -3.00. The maximum Gasteiger partial charge on any atom is 0.225 e. The molecule has 0 saturated heterocycles. The molecule has 0 atom stereocenters. The van der Waals surface area contributed by atoms with Crippen molar-refractivity contribution in [1.82, 2.24) is 0 Å². The molecular weight excluding hydrogens is 152 g/mol. The first-order valence-electron chi connectivity index (χ1n) is 2.57. The molecule has 1 heterocycles. The van der Waals surface area contributed by atoms with Crippen molar-refractivity contribution in [2.24, 2.45) is 5.16 Å². The molecule has 0 spiro atoms.